The van der Waals surface area contributed by atoms with Crippen LogP contribution in [0.15, 0.2) is 16.9 Å². The highest BCUT2D eigenvalue weighted by Crippen LogP contribution is 2.50. The number of rotatable bonds is 5. The van der Waals surface area contributed by atoms with Gasteiger partial charge in [-0.3, -0.25) is 9.59 Å². The van der Waals surface area contributed by atoms with E-state index in [9.17, 15) is 9.59 Å². The first kappa shape index (κ1) is 14.0. The molecule has 0 aromatic carbocycles. The van der Waals surface area contributed by atoms with Crippen LogP contribution >= 0.6 is 0 Å². The molecule has 0 spiro atoms. The second kappa shape index (κ2) is 5.56. The summed E-state index contributed by atoms with van der Waals surface area (Å²) in [5.74, 6) is 2.45. The summed E-state index contributed by atoms with van der Waals surface area (Å²) in [5, 5.41) is 3.23. The van der Waals surface area contributed by atoms with Crippen LogP contribution in [0, 0.1) is 17.8 Å². The molecule has 1 heterocycles. The third kappa shape index (κ3) is 2.96. The Hall–Kier alpha value is -1.58. The van der Waals surface area contributed by atoms with Crippen molar-refractivity contribution in [3.63, 3.8) is 0 Å². The summed E-state index contributed by atoms with van der Waals surface area (Å²) < 4.78 is 0. The lowest BCUT2D eigenvalue weighted by molar-refractivity contribution is -0.123. The van der Waals surface area contributed by atoms with Crippen molar-refractivity contribution < 1.29 is 4.79 Å². The third-order valence-electron chi connectivity index (χ3n) is 5.54. The van der Waals surface area contributed by atoms with Crippen molar-refractivity contribution in [1.29, 1.82) is 0 Å². The number of fused-ring (bicyclic) bond motifs is 1. The summed E-state index contributed by atoms with van der Waals surface area (Å²) in [6, 6.07) is 3.53. The average Bonchev–Trinajstić information content (AvgIpc) is 3.38. The summed E-state index contributed by atoms with van der Waals surface area (Å²) in [7, 11) is 0. The SMILES string of the molecule is O=C(CC(C1CC1)C1CC1)NC1CCCc2[nH]c(=O)ccc21. The lowest BCUT2D eigenvalue weighted by atomic mass is 9.90. The summed E-state index contributed by atoms with van der Waals surface area (Å²) >= 11 is 0. The highest BCUT2D eigenvalue weighted by Gasteiger charge is 2.42. The fraction of sp³-hybridized carbons (Fsp3) is 0.667. The fourth-order valence-electron chi connectivity index (χ4n) is 4.08. The number of amides is 1. The van der Waals surface area contributed by atoms with Crippen molar-refractivity contribution in [1.82, 2.24) is 10.3 Å². The molecule has 118 valence electrons. The van der Waals surface area contributed by atoms with E-state index in [1.165, 1.54) is 25.7 Å². The molecular formula is C18H24N2O2. The molecule has 0 saturated heterocycles. The van der Waals surface area contributed by atoms with Gasteiger partial charge in [0.2, 0.25) is 11.5 Å². The molecule has 1 aromatic heterocycles. The van der Waals surface area contributed by atoms with Gasteiger partial charge in [0, 0.05) is 18.2 Å². The number of pyridine rings is 1. The molecule has 1 aromatic rings. The predicted molar refractivity (Wildman–Crippen MR) is 84.4 cm³/mol. The lowest BCUT2D eigenvalue weighted by Gasteiger charge is -2.26. The van der Waals surface area contributed by atoms with Gasteiger partial charge >= 0.3 is 0 Å². The first-order valence-electron chi connectivity index (χ1n) is 8.72. The maximum atomic E-state index is 12.5. The Kier molecular flexibility index (Phi) is 3.55. The van der Waals surface area contributed by atoms with Crippen LogP contribution in [-0.2, 0) is 11.2 Å². The molecule has 22 heavy (non-hydrogen) atoms. The van der Waals surface area contributed by atoms with Gasteiger partial charge in [0.05, 0.1) is 6.04 Å². The van der Waals surface area contributed by atoms with E-state index < -0.39 is 0 Å². The van der Waals surface area contributed by atoms with Crippen LogP contribution in [0.2, 0.25) is 0 Å². The van der Waals surface area contributed by atoms with Gasteiger partial charge in [-0.25, -0.2) is 0 Å². The van der Waals surface area contributed by atoms with E-state index in [-0.39, 0.29) is 17.5 Å². The number of H-pyrrole nitrogens is 1. The summed E-state index contributed by atoms with van der Waals surface area (Å²) in [4.78, 5) is 26.8. The molecule has 4 rings (SSSR count). The van der Waals surface area contributed by atoms with E-state index >= 15 is 0 Å². The van der Waals surface area contributed by atoms with Crippen molar-refractivity contribution in [2.45, 2.75) is 57.4 Å². The lowest BCUT2D eigenvalue weighted by Crippen LogP contribution is -2.33. The van der Waals surface area contributed by atoms with E-state index in [0.717, 1.165) is 42.4 Å². The fourth-order valence-corrected chi connectivity index (χ4v) is 4.08. The van der Waals surface area contributed by atoms with Crippen LogP contribution in [0.5, 0.6) is 0 Å². The number of carbonyl (C=O) groups excluding carboxylic acids is 1. The minimum Gasteiger partial charge on any atom is -0.349 e. The van der Waals surface area contributed by atoms with Gasteiger partial charge in [-0.2, -0.15) is 0 Å². The second-order valence-corrected chi connectivity index (χ2v) is 7.31. The first-order chi connectivity index (χ1) is 10.7. The molecule has 4 nitrogen and oxygen atoms in total. The number of carbonyl (C=O) groups is 1. The van der Waals surface area contributed by atoms with Crippen molar-refractivity contribution in [2.75, 3.05) is 0 Å². The molecule has 2 saturated carbocycles. The van der Waals surface area contributed by atoms with E-state index in [1.807, 2.05) is 6.07 Å². The summed E-state index contributed by atoms with van der Waals surface area (Å²) in [6.45, 7) is 0. The normalized spacial score (nSPS) is 24.1. The van der Waals surface area contributed by atoms with Crippen molar-refractivity contribution >= 4 is 5.91 Å². The van der Waals surface area contributed by atoms with Crippen LogP contribution in [0.1, 0.15) is 62.2 Å². The predicted octanol–water partition coefficient (Wildman–Crippen LogP) is 2.69. The van der Waals surface area contributed by atoms with Crippen LogP contribution < -0.4 is 10.9 Å². The second-order valence-electron chi connectivity index (χ2n) is 7.31. The summed E-state index contributed by atoms with van der Waals surface area (Å²) in [6.07, 6.45) is 8.89. The molecule has 2 fully saturated rings. The number of aromatic nitrogens is 1. The Balaban J connectivity index is 1.43. The quantitative estimate of drug-likeness (QED) is 0.878. The van der Waals surface area contributed by atoms with E-state index in [0.29, 0.717) is 12.3 Å². The Bertz CT molecular complexity index is 616. The minimum atomic E-state index is -0.0479. The smallest absolute Gasteiger partial charge is 0.248 e. The van der Waals surface area contributed by atoms with E-state index in [1.54, 1.807) is 6.07 Å². The standard InChI is InChI=1S/C18H24N2O2/c21-17-9-8-13-15(19-17)2-1-3-16(13)20-18(22)10-14(11-4-5-11)12-6-7-12/h8-9,11-12,14,16H,1-7,10H2,(H,19,21)(H,20,22). The zero-order valence-corrected chi connectivity index (χ0v) is 12.9. The Morgan fingerprint density at radius 2 is 1.91 bits per heavy atom. The Labute approximate surface area is 130 Å². The maximum absolute atomic E-state index is 12.5. The van der Waals surface area contributed by atoms with Gasteiger partial charge in [0.15, 0.2) is 0 Å². The zero-order valence-electron chi connectivity index (χ0n) is 12.9. The Morgan fingerprint density at radius 3 is 2.59 bits per heavy atom. The van der Waals surface area contributed by atoms with E-state index in [4.69, 9.17) is 0 Å². The van der Waals surface area contributed by atoms with Crippen molar-refractivity contribution in [3.05, 3.63) is 33.7 Å². The maximum Gasteiger partial charge on any atom is 0.248 e. The van der Waals surface area contributed by atoms with Crippen LogP contribution in [0.3, 0.4) is 0 Å². The molecule has 1 unspecified atom stereocenters. The first-order valence-corrected chi connectivity index (χ1v) is 8.72. The topological polar surface area (TPSA) is 62.0 Å². The number of aryl methyl sites for hydroxylation is 1. The van der Waals surface area contributed by atoms with Gasteiger partial charge in [-0.15, -0.1) is 0 Å². The molecule has 3 aliphatic carbocycles. The number of hydrogen-bond acceptors (Lipinski definition) is 2. The highest BCUT2D eigenvalue weighted by molar-refractivity contribution is 5.77. The molecule has 1 atom stereocenters. The van der Waals surface area contributed by atoms with Gasteiger partial charge in [-0.1, -0.05) is 0 Å². The number of hydrogen-bond donors (Lipinski definition) is 2. The van der Waals surface area contributed by atoms with Crippen LogP contribution in [0.25, 0.3) is 0 Å². The summed E-state index contributed by atoms with van der Waals surface area (Å²) in [5.41, 5.74) is 2.06. The molecule has 0 aliphatic heterocycles. The van der Waals surface area contributed by atoms with Gasteiger partial charge in [0.25, 0.3) is 0 Å². The van der Waals surface area contributed by atoms with Crippen LogP contribution in [-0.4, -0.2) is 10.9 Å². The molecule has 2 N–H and O–H groups in total. The third-order valence-corrected chi connectivity index (χ3v) is 5.54. The van der Waals surface area contributed by atoms with Crippen molar-refractivity contribution in [3.8, 4) is 0 Å². The zero-order chi connectivity index (χ0) is 15.1. The van der Waals surface area contributed by atoms with Gasteiger partial charge in [-0.05, 0) is 74.3 Å². The number of nitrogens with one attached hydrogen (secondary N) is 2. The molecule has 1 amide bonds. The van der Waals surface area contributed by atoms with E-state index in [2.05, 4.69) is 10.3 Å². The molecular weight excluding hydrogens is 276 g/mol. The average molecular weight is 300 g/mol. The van der Waals surface area contributed by atoms with Crippen molar-refractivity contribution in [2.24, 2.45) is 17.8 Å². The molecule has 0 radical (unpaired) electrons. The minimum absolute atomic E-state index is 0.0479. The monoisotopic (exact) mass is 300 g/mol. The van der Waals surface area contributed by atoms with Gasteiger partial charge < -0.3 is 10.3 Å². The largest absolute Gasteiger partial charge is 0.349 e. The molecule has 0 bridgehead atoms. The Morgan fingerprint density at radius 1 is 1.18 bits per heavy atom. The molecule has 4 heteroatoms. The van der Waals surface area contributed by atoms with Gasteiger partial charge in [0.1, 0.15) is 0 Å². The van der Waals surface area contributed by atoms with Crippen LogP contribution in [0.4, 0.5) is 0 Å². The highest BCUT2D eigenvalue weighted by atomic mass is 16.1. The number of aromatic amines is 1. The molecule has 3 aliphatic rings.